The summed E-state index contributed by atoms with van der Waals surface area (Å²) in [6, 6.07) is 15.3. The van der Waals surface area contributed by atoms with Gasteiger partial charge in [0.25, 0.3) is 0 Å². The third kappa shape index (κ3) is 3.93. The van der Waals surface area contributed by atoms with E-state index in [0.29, 0.717) is 12.1 Å². The van der Waals surface area contributed by atoms with Gasteiger partial charge in [0.1, 0.15) is 0 Å². The summed E-state index contributed by atoms with van der Waals surface area (Å²) in [5.74, 6) is -0.551. The molecule has 1 saturated heterocycles. The molecule has 1 fully saturated rings. The molecule has 1 aromatic heterocycles. The number of esters is 1. The maximum Gasteiger partial charge on any atom is 0.340 e. The molecule has 6 heteroatoms. The molecular weight excluding hydrogens is 388 g/mol. The Morgan fingerprint density at radius 2 is 1.90 bits per heavy atom. The molecule has 1 atom stereocenters. The Bertz CT molecular complexity index is 1060. The molecule has 1 unspecified atom stereocenters. The van der Waals surface area contributed by atoms with E-state index in [1.807, 2.05) is 48.5 Å². The molecule has 0 N–H and O–H groups in total. The van der Waals surface area contributed by atoms with Crippen LogP contribution in [0, 0.1) is 5.92 Å². The van der Waals surface area contributed by atoms with Crippen LogP contribution >= 0.6 is 11.6 Å². The molecule has 3 aromatic rings. The lowest BCUT2D eigenvalue weighted by molar-refractivity contribution is 0.0603. The monoisotopic (exact) mass is 410 g/mol. The van der Waals surface area contributed by atoms with E-state index in [1.165, 1.54) is 7.11 Å². The number of aromatic nitrogens is 1. The van der Waals surface area contributed by atoms with Crippen molar-refractivity contribution in [3.05, 3.63) is 70.9 Å². The van der Waals surface area contributed by atoms with Gasteiger partial charge in [0.05, 0.1) is 24.1 Å². The number of nitrogens with zero attached hydrogens (tertiary/aromatic N) is 2. The van der Waals surface area contributed by atoms with E-state index in [9.17, 15) is 9.59 Å². The fourth-order valence-corrected chi connectivity index (χ4v) is 4.30. The number of fused-ring (bicyclic) bond motifs is 1. The summed E-state index contributed by atoms with van der Waals surface area (Å²) in [4.78, 5) is 27.8. The van der Waals surface area contributed by atoms with E-state index in [2.05, 4.69) is 4.90 Å². The van der Waals surface area contributed by atoms with Crippen LogP contribution in [-0.4, -0.2) is 41.5 Å². The van der Waals surface area contributed by atoms with E-state index in [-0.39, 0.29) is 11.8 Å². The molecule has 29 heavy (non-hydrogen) atoms. The second kappa shape index (κ2) is 8.39. The summed E-state index contributed by atoms with van der Waals surface area (Å²) in [5, 5.41) is 1.48. The van der Waals surface area contributed by atoms with Crippen LogP contribution in [-0.2, 0) is 11.3 Å². The molecular formula is C23H23ClN2O3. The van der Waals surface area contributed by atoms with Crippen LogP contribution in [0.2, 0.25) is 5.02 Å². The number of hydrogen-bond donors (Lipinski definition) is 0. The molecule has 4 rings (SSSR count). The number of hydrogen-bond acceptors (Lipinski definition) is 4. The zero-order valence-corrected chi connectivity index (χ0v) is 17.1. The summed E-state index contributed by atoms with van der Waals surface area (Å²) in [5.41, 5.74) is 2.22. The van der Waals surface area contributed by atoms with Gasteiger partial charge in [-0.3, -0.25) is 14.3 Å². The van der Waals surface area contributed by atoms with Crippen LogP contribution in [0.1, 0.15) is 33.6 Å². The van der Waals surface area contributed by atoms with Crippen LogP contribution in [0.5, 0.6) is 0 Å². The lowest BCUT2D eigenvalue weighted by Gasteiger charge is -2.32. The van der Waals surface area contributed by atoms with Gasteiger partial charge in [-0.1, -0.05) is 48.0 Å². The second-order valence-corrected chi connectivity index (χ2v) is 7.83. The molecule has 2 aromatic carbocycles. The van der Waals surface area contributed by atoms with Crippen molar-refractivity contribution in [2.24, 2.45) is 5.92 Å². The van der Waals surface area contributed by atoms with Gasteiger partial charge in [-0.25, -0.2) is 4.79 Å². The standard InChI is InChI=1S/C23H23ClN2O3/c1-29-23(28)19-15-26(21-11-5-3-9-18(19)21)22(27)17-8-6-12-25(14-17)13-16-7-2-4-10-20(16)24/h2-5,7,9-11,15,17H,6,8,12-14H2,1H3. The van der Waals surface area contributed by atoms with Gasteiger partial charge in [-0.2, -0.15) is 0 Å². The molecule has 0 saturated carbocycles. The van der Waals surface area contributed by atoms with Crippen molar-refractivity contribution < 1.29 is 14.3 Å². The van der Waals surface area contributed by atoms with Crippen LogP contribution in [0.15, 0.2) is 54.7 Å². The second-order valence-electron chi connectivity index (χ2n) is 7.43. The number of rotatable bonds is 4. The average molecular weight is 411 g/mol. The van der Waals surface area contributed by atoms with Crippen molar-refractivity contribution in [2.45, 2.75) is 19.4 Å². The number of ether oxygens (including phenoxy) is 1. The molecule has 1 aliphatic heterocycles. The molecule has 150 valence electrons. The minimum Gasteiger partial charge on any atom is -0.465 e. The van der Waals surface area contributed by atoms with Crippen molar-refractivity contribution in [2.75, 3.05) is 20.2 Å². The highest BCUT2D eigenvalue weighted by Crippen LogP contribution is 2.27. The first-order valence-corrected chi connectivity index (χ1v) is 10.1. The van der Waals surface area contributed by atoms with Crippen LogP contribution < -0.4 is 0 Å². The topological polar surface area (TPSA) is 51.5 Å². The van der Waals surface area contributed by atoms with Crippen molar-refractivity contribution in [3.8, 4) is 0 Å². The molecule has 0 spiro atoms. The number of carbonyl (C=O) groups is 2. The number of halogens is 1. The fraction of sp³-hybridized carbons (Fsp3) is 0.304. The van der Waals surface area contributed by atoms with Crippen molar-refractivity contribution in [3.63, 3.8) is 0 Å². The molecule has 2 heterocycles. The lowest BCUT2D eigenvalue weighted by atomic mass is 9.96. The third-order valence-electron chi connectivity index (χ3n) is 5.56. The number of likely N-dealkylation sites (tertiary alicyclic amines) is 1. The van der Waals surface area contributed by atoms with Gasteiger partial charge >= 0.3 is 5.97 Å². The number of methoxy groups -OCH3 is 1. The predicted molar refractivity (Wildman–Crippen MR) is 113 cm³/mol. The smallest absolute Gasteiger partial charge is 0.340 e. The molecule has 1 aliphatic rings. The van der Waals surface area contributed by atoms with Gasteiger partial charge < -0.3 is 4.74 Å². The Morgan fingerprint density at radius 1 is 1.14 bits per heavy atom. The van der Waals surface area contributed by atoms with E-state index >= 15 is 0 Å². The van der Waals surface area contributed by atoms with Crippen LogP contribution in [0.25, 0.3) is 10.9 Å². The SMILES string of the molecule is COC(=O)c1cn(C(=O)C2CCCN(Cc3ccccc3Cl)C2)c2ccccc12. The van der Waals surface area contributed by atoms with Crippen LogP contribution in [0.4, 0.5) is 0 Å². The first kappa shape index (κ1) is 19.7. The van der Waals surface area contributed by atoms with Crippen LogP contribution in [0.3, 0.4) is 0 Å². The average Bonchev–Trinajstić information content (AvgIpc) is 3.14. The Labute approximate surface area is 174 Å². The molecule has 5 nitrogen and oxygen atoms in total. The first-order valence-electron chi connectivity index (χ1n) is 9.77. The maximum absolute atomic E-state index is 13.4. The van der Waals surface area contributed by atoms with Gasteiger partial charge in [0, 0.05) is 29.7 Å². The van der Waals surface area contributed by atoms with Crippen molar-refractivity contribution >= 4 is 34.4 Å². The third-order valence-corrected chi connectivity index (χ3v) is 5.93. The first-order chi connectivity index (χ1) is 14.1. The Morgan fingerprint density at radius 3 is 2.69 bits per heavy atom. The summed E-state index contributed by atoms with van der Waals surface area (Å²) < 4.78 is 6.51. The minimum atomic E-state index is -0.434. The lowest BCUT2D eigenvalue weighted by Crippen LogP contribution is -2.39. The number of piperidine rings is 1. The Balaban J connectivity index is 1.58. The number of para-hydroxylation sites is 1. The minimum absolute atomic E-state index is 0.0141. The predicted octanol–water partition coefficient (Wildman–Crippen LogP) is 4.63. The molecule has 0 bridgehead atoms. The molecule has 0 radical (unpaired) electrons. The van der Waals surface area contributed by atoms with Crippen molar-refractivity contribution in [1.82, 2.24) is 9.47 Å². The summed E-state index contributed by atoms with van der Waals surface area (Å²) >= 11 is 6.31. The van der Waals surface area contributed by atoms with E-state index in [0.717, 1.165) is 47.4 Å². The zero-order chi connectivity index (χ0) is 20.4. The van der Waals surface area contributed by atoms with Gasteiger partial charge in [-0.05, 0) is 37.1 Å². The summed E-state index contributed by atoms with van der Waals surface area (Å²) in [7, 11) is 1.35. The summed E-state index contributed by atoms with van der Waals surface area (Å²) in [6.45, 7) is 2.34. The highest BCUT2D eigenvalue weighted by atomic mass is 35.5. The molecule has 0 amide bonds. The number of benzene rings is 2. The Kier molecular flexibility index (Phi) is 5.69. The van der Waals surface area contributed by atoms with Gasteiger partial charge in [-0.15, -0.1) is 0 Å². The van der Waals surface area contributed by atoms with Crippen molar-refractivity contribution in [1.29, 1.82) is 0 Å². The maximum atomic E-state index is 13.4. The molecule has 0 aliphatic carbocycles. The van der Waals surface area contributed by atoms with E-state index in [4.69, 9.17) is 16.3 Å². The van der Waals surface area contributed by atoms with Gasteiger partial charge in [0.15, 0.2) is 0 Å². The van der Waals surface area contributed by atoms with Gasteiger partial charge in [0.2, 0.25) is 5.91 Å². The largest absolute Gasteiger partial charge is 0.465 e. The normalized spacial score (nSPS) is 17.4. The van der Waals surface area contributed by atoms with E-state index < -0.39 is 5.97 Å². The fourth-order valence-electron chi connectivity index (χ4n) is 4.10. The Hall–Kier alpha value is -2.63. The zero-order valence-electron chi connectivity index (χ0n) is 16.3. The quantitative estimate of drug-likeness (QED) is 0.588. The highest BCUT2D eigenvalue weighted by molar-refractivity contribution is 6.31. The summed E-state index contributed by atoms with van der Waals surface area (Å²) in [6.07, 6.45) is 3.40. The number of carbonyl (C=O) groups excluding carboxylic acids is 2. The highest BCUT2D eigenvalue weighted by Gasteiger charge is 2.29. The van der Waals surface area contributed by atoms with E-state index in [1.54, 1.807) is 10.8 Å².